The van der Waals surface area contributed by atoms with Crippen molar-refractivity contribution >= 4 is 11.8 Å². The van der Waals surface area contributed by atoms with E-state index < -0.39 is 4.92 Å². The molecule has 0 atom stereocenters. The molecular formula is C6H9N3O2S. The van der Waals surface area contributed by atoms with Crippen molar-refractivity contribution in [3.05, 3.63) is 21.3 Å². The molecule has 0 bridgehead atoms. The van der Waals surface area contributed by atoms with Crippen LogP contribution in [0.15, 0.2) is 11.2 Å². The first-order valence-corrected chi connectivity index (χ1v) is 4.24. The SMILES string of the molecule is C#CCNN/C(=C/[N+](=O)[O-])SC. The largest absolute Gasteiger partial charge is 0.310 e. The number of nitro groups is 1. The minimum atomic E-state index is -0.531. The molecule has 2 N–H and O–H groups in total. The number of thioether (sulfide) groups is 1. The van der Waals surface area contributed by atoms with E-state index in [1.165, 1.54) is 11.8 Å². The molecule has 0 amide bonds. The first-order valence-electron chi connectivity index (χ1n) is 3.02. The summed E-state index contributed by atoms with van der Waals surface area (Å²) in [5.41, 5.74) is 5.20. The monoisotopic (exact) mass is 187 g/mol. The normalized spacial score (nSPS) is 10.5. The van der Waals surface area contributed by atoms with E-state index in [2.05, 4.69) is 16.8 Å². The van der Waals surface area contributed by atoms with E-state index >= 15 is 0 Å². The fraction of sp³-hybridized carbons (Fsp3) is 0.333. The molecule has 0 aliphatic carbocycles. The highest BCUT2D eigenvalue weighted by Crippen LogP contribution is 2.04. The van der Waals surface area contributed by atoms with Crippen LogP contribution in [0, 0.1) is 22.5 Å². The van der Waals surface area contributed by atoms with Gasteiger partial charge in [-0.2, -0.15) is 0 Å². The molecule has 0 aromatic rings. The number of nitrogens with one attached hydrogen (secondary N) is 2. The van der Waals surface area contributed by atoms with Gasteiger partial charge in [-0.1, -0.05) is 5.92 Å². The van der Waals surface area contributed by atoms with Crippen LogP contribution in [0.2, 0.25) is 0 Å². The van der Waals surface area contributed by atoms with Crippen molar-refractivity contribution in [1.82, 2.24) is 10.9 Å². The van der Waals surface area contributed by atoms with Crippen LogP contribution >= 0.6 is 11.8 Å². The molecule has 12 heavy (non-hydrogen) atoms. The van der Waals surface area contributed by atoms with Crippen LogP contribution in [0.4, 0.5) is 0 Å². The molecule has 0 fully saturated rings. The van der Waals surface area contributed by atoms with Crippen molar-refractivity contribution in [2.75, 3.05) is 12.8 Å². The molecule has 0 aliphatic heterocycles. The third-order valence-corrected chi connectivity index (χ3v) is 1.49. The Morgan fingerprint density at radius 2 is 2.58 bits per heavy atom. The predicted octanol–water partition coefficient (Wildman–Crippen LogP) is 0.152. The number of hydrazine groups is 1. The summed E-state index contributed by atoms with van der Waals surface area (Å²) in [5.74, 6) is 2.32. The molecule has 0 unspecified atom stereocenters. The molecule has 0 spiro atoms. The van der Waals surface area contributed by atoms with Gasteiger partial charge in [0.1, 0.15) is 0 Å². The van der Waals surface area contributed by atoms with Gasteiger partial charge < -0.3 is 5.43 Å². The van der Waals surface area contributed by atoms with Crippen molar-refractivity contribution in [2.45, 2.75) is 0 Å². The van der Waals surface area contributed by atoms with Gasteiger partial charge >= 0.3 is 0 Å². The van der Waals surface area contributed by atoms with Gasteiger partial charge in [-0.05, 0) is 6.26 Å². The van der Waals surface area contributed by atoms with Crippen LogP contribution < -0.4 is 10.9 Å². The predicted molar refractivity (Wildman–Crippen MR) is 48.6 cm³/mol. The average molecular weight is 187 g/mol. The van der Waals surface area contributed by atoms with E-state index in [9.17, 15) is 10.1 Å². The third kappa shape index (κ3) is 5.58. The zero-order valence-corrected chi connectivity index (χ0v) is 7.35. The maximum atomic E-state index is 10.0. The second kappa shape index (κ2) is 6.52. The van der Waals surface area contributed by atoms with E-state index in [0.717, 1.165) is 6.20 Å². The van der Waals surface area contributed by atoms with Gasteiger partial charge in [0.25, 0.3) is 6.20 Å². The molecule has 0 saturated heterocycles. The summed E-state index contributed by atoms with van der Waals surface area (Å²) in [5, 5.41) is 10.4. The lowest BCUT2D eigenvalue weighted by atomic mass is 10.7. The van der Waals surface area contributed by atoms with Crippen LogP contribution in [-0.2, 0) is 0 Å². The first-order chi connectivity index (χ1) is 5.70. The Morgan fingerprint density at radius 3 is 3.00 bits per heavy atom. The van der Waals surface area contributed by atoms with Crippen molar-refractivity contribution in [3.63, 3.8) is 0 Å². The Bertz CT molecular complexity index is 221. The Hall–Kier alpha value is -1.19. The van der Waals surface area contributed by atoms with E-state index in [4.69, 9.17) is 6.42 Å². The highest BCUT2D eigenvalue weighted by Gasteiger charge is 1.98. The summed E-state index contributed by atoms with van der Waals surface area (Å²) in [4.78, 5) is 9.48. The highest BCUT2D eigenvalue weighted by atomic mass is 32.2. The molecule has 66 valence electrons. The molecule has 0 aromatic heterocycles. The minimum Gasteiger partial charge on any atom is -0.310 e. The molecule has 0 rings (SSSR count). The molecule has 0 heterocycles. The molecule has 0 aliphatic rings. The van der Waals surface area contributed by atoms with Crippen LogP contribution in [0.5, 0.6) is 0 Å². The summed E-state index contributed by atoms with van der Waals surface area (Å²) >= 11 is 1.23. The number of terminal acetylenes is 1. The van der Waals surface area contributed by atoms with Crippen LogP contribution in [0.3, 0.4) is 0 Å². The Balaban J connectivity index is 3.85. The summed E-state index contributed by atoms with van der Waals surface area (Å²) in [6.07, 6.45) is 7.54. The molecule has 5 nitrogen and oxygen atoms in total. The van der Waals surface area contributed by atoms with E-state index in [0.29, 0.717) is 11.6 Å². The van der Waals surface area contributed by atoms with Crippen molar-refractivity contribution < 1.29 is 4.92 Å². The Kier molecular flexibility index (Phi) is 5.87. The van der Waals surface area contributed by atoms with Crippen molar-refractivity contribution in [3.8, 4) is 12.3 Å². The number of nitrogens with zero attached hydrogens (tertiary/aromatic N) is 1. The zero-order valence-electron chi connectivity index (χ0n) is 6.53. The lowest BCUT2D eigenvalue weighted by molar-refractivity contribution is -0.403. The van der Waals surface area contributed by atoms with Gasteiger partial charge in [0.15, 0.2) is 5.03 Å². The van der Waals surface area contributed by atoms with E-state index in [1.54, 1.807) is 6.26 Å². The topological polar surface area (TPSA) is 67.2 Å². The fourth-order valence-electron chi connectivity index (χ4n) is 0.414. The summed E-state index contributed by atoms with van der Waals surface area (Å²) < 4.78 is 0. The lowest BCUT2D eigenvalue weighted by Gasteiger charge is -2.03. The summed E-state index contributed by atoms with van der Waals surface area (Å²) in [6, 6.07) is 0. The number of hydrogen-bond donors (Lipinski definition) is 2. The van der Waals surface area contributed by atoms with Gasteiger partial charge in [-0.3, -0.25) is 10.1 Å². The summed E-state index contributed by atoms with van der Waals surface area (Å²) in [6.45, 7) is 0.315. The van der Waals surface area contributed by atoms with Gasteiger partial charge in [0.05, 0.1) is 11.5 Å². The first kappa shape index (κ1) is 10.8. The summed E-state index contributed by atoms with van der Waals surface area (Å²) in [7, 11) is 0. The number of hydrogen-bond acceptors (Lipinski definition) is 5. The molecule has 0 saturated carbocycles. The quantitative estimate of drug-likeness (QED) is 0.277. The van der Waals surface area contributed by atoms with E-state index in [-0.39, 0.29) is 0 Å². The van der Waals surface area contributed by atoms with Gasteiger partial charge in [0, 0.05) is 0 Å². The molecular weight excluding hydrogens is 178 g/mol. The lowest BCUT2D eigenvalue weighted by Crippen LogP contribution is -2.30. The number of rotatable bonds is 5. The maximum Gasteiger partial charge on any atom is 0.265 e. The second-order valence-electron chi connectivity index (χ2n) is 1.67. The molecule has 6 heteroatoms. The molecule has 0 aromatic carbocycles. The van der Waals surface area contributed by atoms with Gasteiger partial charge in [-0.25, -0.2) is 5.43 Å². The highest BCUT2D eigenvalue weighted by molar-refractivity contribution is 8.02. The van der Waals surface area contributed by atoms with Gasteiger partial charge in [-0.15, -0.1) is 18.2 Å². The minimum absolute atomic E-state index is 0.315. The smallest absolute Gasteiger partial charge is 0.265 e. The van der Waals surface area contributed by atoms with Crippen LogP contribution in [0.25, 0.3) is 0 Å². The maximum absolute atomic E-state index is 10.0. The third-order valence-electron chi connectivity index (χ3n) is 0.845. The average Bonchev–Trinajstić information content (AvgIpc) is 2.02. The van der Waals surface area contributed by atoms with Crippen LogP contribution in [0.1, 0.15) is 0 Å². The zero-order chi connectivity index (χ0) is 9.40. The fourth-order valence-corrected chi connectivity index (χ4v) is 0.780. The Morgan fingerprint density at radius 1 is 1.92 bits per heavy atom. The van der Waals surface area contributed by atoms with Crippen molar-refractivity contribution in [1.29, 1.82) is 0 Å². The molecule has 0 radical (unpaired) electrons. The van der Waals surface area contributed by atoms with Crippen molar-refractivity contribution in [2.24, 2.45) is 0 Å². The second-order valence-corrected chi connectivity index (χ2v) is 2.51. The van der Waals surface area contributed by atoms with Crippen LogP contribution in [-0.4, -0.2) is 17.7 Å². The van der Waals surface area contributed by atoms with Gasteiger partial charge in [0.2, 0.25) is 0 Å². The van der Waals surface area contributed by atoms with E-state index in [1.807, 2.05) is 0 Å². The Labute approximate surface area is 74.7 Å². The standard InChI is InChI=1S/C6H9N3O2S/c1-3-4-7-8-6(12-2)5-9(10)11/h1,5,7-8H,4H2,2H3/b6-5-.